The van der Waals surface area contributed by atoms with E-state index in [-0.39, 0.29) is 5.41 Å². The van der Waals surface area contributed by atoms with Crippen LogP contribution in [0, 0.1) is 5.92 Å². The van der Waals surface area contributed by atoms with Crippen molar-refractivity contribution in [1.29, 1.82) is 0 Å². The molecule has 5 nitrogen and oxygen atoms in total. The summed E-state index contributed by atoms with van der Waals surface area (Å²) in [6.45, 7) is 10.0. The average molecular weight is 279 g/mol. The molecular formula is C15H25N3O2. The Morgan fingerprint density at radius 1 is 1.25 bits per heavy atom. The van der Waals surface area contributed by atoms with E-state index in [1.807, 2.05) is 0 Å². The second kappa shape index (κ2) is 5.45. The maximum Gasteiger partial charge on any atom is 0.232 e. The molecule has 0 N–H and O–H groups in total. The summed E-state index contributed by atoms with van der Waals surface area (Å²) in [5.41, 5.74) is -0.0745. The number of nitrogens with zero attached hydrogens (tertiary/aromatic N) is 3. The van der Waals surface area contributed by atoms with Crippen molar-refractivity contribution >= 4 is 0 Å². The lowest BCUT2D eigenvalue weighted by Gasteiger charge is -2.23. The molecule has 2 fully saturated rings. The molecule has 0 unspecified atom stereocenters. The lowest BCUT2D eigenvalue weighted by molar-refractivity contribution is 0.159. The second-order valence-electron chi connectivity index (χ2n) is 7.16. The van der Waals surface area contributed by atoms with Gasteiger partial charge in [-0.15, -0.1) is 0 Å². The number of rotatable bonds is 5. The highest BCUT2D eigenvalue weighted by molar-refractivity contribution is 4.99. The van der Waals surface area contributed by atoms with Crippen LogP contribution >= 0.6 is 0 Å². The molecule has 0 aromatic carbocycles. The van der Waals surface area contributed by atoms with Gasteiger partial charge in [-0.25, -0.2) is 0 Å². The Labute approximate surface area is 120 Å². The van der Waals surface area contributed by atoms with Crippen molar-refractivity contribution in [3.63, 3.8) is 0 Å². The number of hydrogen-bond acceptors (Lipinski definition) is 5. The molecule has 2 heterocycles. The van der Waals surface area contributed by atoms with Gasteiger partial charge in [0.25, 0.3) is 0 Å². The average Bonchev–Trinajstić information content (AvgIpc) is 2.88. The monoisotopic (exact) mass is 279 g/mol. The smallest absolute Gasteiger partial charge is 0.232 e. The summed E-state index contributed by atoms with van der Waals surface area (Å²) in [7, 11) is 0. The van der Waals surface area contributed by atoms with E-state index in [0.29, 0.717) is 12.0 Å². The predicted molar refractivity (Wildman–Crippen MR) is 75.4 cm³/mol. The molecule has 0 spiro atoms. The molecule has 1 aromatic rings. The fraction of sp³-hybridized carbons (Fsp3) is 0.867. The van der Waals surface area contributed by atoms with Crippen LogP contribution in [0.25, 0.3) is 0 Å². The third-order valence-corrected chi connectivity index (χ3v) is 4.03. The van der Waals surface area contributed by atoms with Gasteiger partial charge in [-0.3, -0.25) is 4.90 Å². The van der Waals surface area contributed by atoms with Gasteiger partial charge in [-0.2, -0.15) is 4.98 Å². The number of aromatic nitrogens is 2. The molecule has 20 heavy (non-hydrogen) atoms. The molecule has 112 valence electrons. The van der Waals surface area contributed by atoms with Crippen LogP contribution in [-0.2, 0) is 16.7 Å². The van der Waals surface area contributed by atoms with Crippen molar-refractivity contribution in [3.8, 4) is 0 Å². The Morgan fingerprint density at radius 3 is 2.60 bits per heavy atom. The third kappa shape index (κ3) is 3.38. The number of hydrogen-bond donors (Lipinski definition) is 0. The SMILES string of the molecule is CC(C)(C)c1nc(CN(C[C@@H]2CCOC2)C2CC2)no1. The van der Waals surface area contributed by atoms with Crippen LogP contribution in [0.1, 0.15) is 51.7 Å². The molecule has 1 aliphatic heterocycles. The predicted octanol–water partition coefficient (Wildman–Crippen LogP) is 2.37. The van der Waals surface area contributed by atoms with Crippen molar-refractivity contribution in [3.05, 3.63) is 11.7 Å². The van der Waals surface area contributed by atoms with E-state index < -0.39 is 0 Å². The van der Waals surface area contributed by atoms with E-state index >= 15 is 0 Å². The van der Waals surface area contributed by atoms with Gasteiger partial charge in [-0.05, 0) is 25.2 Å². The maximum atomic E-state index is 5.48. The van der Waals surface area contributed by atoms with Crippen LogP contribution in [0.2, 0.25) is 0 Å². The van der Waals surface area contributed by atoms with Crippen LogP contribution in [0.3, 0.4) is 0 Å². The molecule has 0 bridgehead atoms. The molecule has 5 heteroatoms. The minimum Gasteiger partial charge on any atom is -0.381 e. The second-order valence-corrected chi connectivity index (χ2v) is 7.16. The van der Waals surface area contributed by atoms with E-state index in [1.54, 1.807) is 0 Å². The normalized spacial score (nSPS) is 23.7. The molecule has 1 aromatic heterocycles. The molecule has 1 atom stereocenters. The lowest BCUT2D eigenvalue weighted by Crippen LogP contribution is -2.32. The molecule has 1 saturated heterocycles. The van der Waals surface area contributed by atoms with Crippen molar-refractivity contribution in [2.75, 3.05) is 19.8 Å². The fourth-order valence-corrected chi connectivity index (χ4v) is 2.65. The van der Waals surface area contributed by atoms with Gasteiger partial charge in [0.05, 0.1) is 13.2 Å². The van der Waals surface area contributed by atoms with Crippen LogP contribution in [0.5, 0.6) is 0 Å². The minimum atomic E-state index is -0.0745. The molecule has 2 aliphatic rings. The molecule has 1 saturated carbocycles. The highest BCUT2D eigenvalue weighted by Crippen LogP contribution is 2.30. The Hall–Kier alpha value is -0.940. The summed E-state index contributed by atoms with van der Waals surface area (Å²) in [4.78, 5) is 7.07. The molecular weight excluding hydrogens is 254 g/mol. The quantitative estimate of drug-likeness (QED) is 0.828. The van der Waals surface area contributed by atoms with Crippen LogP contribution in [0.4, 0.5) is 0 Å². The lowest BCUT2D eigenvalue weighted by atomic mass is 9.97. The van der Waals surface area contributed by atoms with Crippen molar-refractivity contribution in [2.45, 2.75) is 58.0 Å². The summed E-state index contributed by atoms with van der Waals surface area (Å²) in [5, 5.41) is 4.15. The van der Waals surface area contributed by atoms with E-state index in [9.17, 15) is 0 Å². The Balaban J connectivity index is 1.62. The molecule has 1 aliphatic carbocycles. The van der Waals surface area contributed by atoms with Gasteiger partial charge in [0, 0.05) is 24.6 Å². The standard InChI is InChI=1S/C15H25N3O2/c1-15(2,3)14-16-13(17-20-14)9-18(12-4-5-12)8-11-6-7-19-10-11/h11-12H,4-10H2,1-3H3/t11-/m0/s1. The maximum absolute atomic E-state index is 5.48. The van der Waals surface area contributed by atoms with E-state index in [1.165, 1.54) is 19.3 Å². The number of ether oxygens (including phenoxy) is 1. The Morgan fingerprint density at radius 2 is 2.05 bits per heavy atom. The summed E-state index contributed by atoms with van der Waals surface area (Å²) in [6.07, 6.45) is 3.79. The topological polar surface area (TPSA) is 51.4 Å². The first kappa shape index (κ1) is 14.0. The first-order valence-electron chi connectivity index (χ1n) is 7.67. The van der Waals surface area contributed by atoms with Crippen molar-refractivity contribution < 1.29 is 9.26 Å². The first-order chi connectivity index (χ1) is 9.52. The Bertz CT molecular complexity index is 442. The zero-order chi connectivity index (χ0) is 14.2. The summed E-state index contributed by atoms with van der Waals surface area (Å²) < 4.78 is 10.9. The van der Waals surface area contributed by atoms with Crippen LogP contribution < -0.4 is 0 Å². The van der Waals surface area contributed by atoms with Crippen LogP contribution in [-0.4, -0.2) is 40.8 Å². The Kier molecular flexibility index (Phi) is 3.82. The summed E-state index contributed by atoms with van der Waals surface area (Å²) >= 11 is 0. The zero-order valence-corrected chi connectivity index (χ0v) is 12.8. The largest absolute Gasteiger partial charge is 0.381 e. The summed E-state index contributed by atoms with van der Waals surface area (Å²) in [5.74, 6) is 2.22. The van der Waals surface area contributed by atoms with E-state index in [4.69, 9.17) is 9.26 Å². The summed E-state index contributed by atoms with van der Waals surface area (Å²) in [6, 6.07) is 0.715. The highest BCUT2D eigenvalue weighted by atomic mass is 16.5. The first-order valence-corrected chi connectivity index (χ1v) is 7.67. The van der Waals surface area contributed by atoms with Gasteiger partial charge in [0.15, 0.2) is 5.82 Å². The molecule has 3 rings (SSSR count). The van der Waals surface area contributed by atoms with E-state index in [2.05, 4.69) is 35.8 Å². The van der Waals surface area contributed by atoms with Crippen molar-refractivity contribution in [2.24, 2.45) is 5.92 Å². The van der Waals surface area contributed by atoms with Gasteiger partial charge < -0.3 is 9.26 Å². The van der Waals surface area contributed by atoms with Crippen molar-refractivity contribution in [1.82, 2.24) is 15.0 Å². The van der Waals surface area contributed by atoms with Gasteiger partial charge in [0.2, 0.25) is 5.89 Å². The highest BCUT2D eigenvalue weighted by Gasteiger charge is 2.33. The van der Waals surface area contributed by atoms with Gasteiger partial charge in [0.1, 0.15) is 0 Å². The fourth-order valence-electron chi connectivity index (χ4n) is 2.65. The van der Waals surface area contributed by atoms with Crippen LogP contribution in [0.15, 0.2) is 4.52 Å². The molecule has 0 radical (unpaired) electrons. The van der Waals surface area contributed by atoms with Gasteiger partial charge in [-0.1, -0.05) is 25.9 Å². The van der Waals surface area contributed by atoms with Gasteiger partial charge >= 0.3 is 0 Å². The molecule has 0 amide bonds. The minimum absolute atomic E-state index is 0.0745. The third-order valence-electron chi connectivity index (χ3n) is 4.03. The van der Waals surface area contributed by atoms with E-state index in [0.717, 1.165) is 38.0 Å². The zero-order valence-electron chi connectivity index (χ0n) is 12.8.